The predicted molar refractivity (Wildman–Crippen MR) is 234 cm³/mol. The molecular weight excluding hydrogens is 775 g/mol. The Kier molecular flexibility index (Phi) is 19.9. The Morgan fingerprint density at radius 3 is 1.41 bits per heavy atom. The summed E-state index contributed by atoms with van der Waals surface area (Å²) in [7, 11) is 13.2. The Labute approximate surface area is 351 Å². The van der Waals surface area contributed by atoms with Crippen LogP contribution in [0.1, 0.15) is 60.8 Å². The van der Waals surface area contributed by atoms with Crippen molar-refractivity contribution in [1.82, 2.24) is 5.32 Å². The molecule has 11 nitrogen and oxygen atoms in total. The molecule has 0 atom stereocenters. The number of aromatic nitrogens is 2. The molecule has 58 heavy (non-hydrogen) atoms. The molecule has 0 aliphatic rings. The average Bonchev–Trinajstić information content (AvgIpc) is 3.25. The number of ketones is 1. The van der Waals surface area contributed by atoms with Gasteiger partial charge in [0.2, 0.25) is 5.91 Å². The number of Topliss-reactive ketones (excluding diaryl/α,β-unsaturated/α-hetero) is 1. The first-order chi connectivity index (χ1) is 28.3. The van der Waals surface area contributed by atoms with Crippen LogP contribution >= 0.6 is 21.6 Å². The summed E-state index contributed by atoms with van der Waals surface area (Å²) >= 11 is 0. The second kappa shape index (κ2) is 25.3. The lowest BCUT2D eigenvalue weighted by molar-refractivity contribution is -0.697. The average molecular weight is 832 g/mol. The van der Waals surface area contributed by atoms with Crippen LogP contribution in [0.4, 0.5) is 0 Å². The fourth-order valence-electron chi connectivity index (χ4n) is 5.97. The number of nitrogens with one attached hydrogen (secondary N) is 1. The first-order valence-corrected chi connectivity index (χ1v) is 21.8. The third-order valence-electron chi connectivity index (χ3n) is 9.18. The van der Waals surface area contributed by atoms with Gasteiger partial charge in [0.25, 0.3) is 0 Å². The van der Waals surface area contributed by atoms with E-state index >= 15 is 0 Å². The van der Waals surface area contributed by atoms with Gasteiger partial charge in [0.1, 0.15) is 30.4 Å². The minimum Gasteiger partial charge on any atom is -0.496 e. The van der Waals surface area contributed by atoms with Crippen LogP contribution in [0.25, 0.3) is 24.3 Å². The van der Waals surface area contributed by atoms with Crippen molar-refractivity contribution >= 4 is 57.6 Å². The molecule has 0 unspecified atom stereocenters. The monoisotopic (exact) mass is 831 g/mol. The summed E-state index contributed by atoms with van der Waals surface area (Å²) in [6, 6.07) is 15.6. The van der Waals surface area contributed by atoms with E-state index in [4.69, 9.17) is 28.4 Å². The topological polar surface area (TPSA) is 109 Å². The molecule has 310 valence electrons. The summed E-state index contributed by atoms with van der Waals surface area (Å²) in [5.74, 6) is 6.03. The fourth-order valence-corrected chi connectivity index (χ4v) is 7.96. The number of carbonyl (C=O) groups is 2. The molecule has 0 saturated carbocycles. The van der Waals surface area contributed by atoms with Gasteiger partial charge in [0.05, 0.1) is 42.7 Å². The lowest BCUT2D eigenvalue weighted by Gasteiger charge is -2.12. The Morgan fingerprint density at radius 1 is 0.534 bits per heavy atom. The molecule has 13 heteroatoms. The van der Waals surface area contributed by atoms with Crippen molar-refractivity contribution in [3.8, 4) is 34.5 Å². The van der Waals surface area contributed by atoms with Gasteiger partial charge in [-0.15, -0.1) is 0 Å². The molecule has 0 fully saturated rings. The van der Waals surface area contributed by atoms with Gasteiger partial charge in [-0.2, -0.15) is 0 Å². The lowest BCUT2D eigenvalue weighted by atomic mass is 10.1. The summed E-state index contributed by atoms with van der Waals surface area (Å²) in [6.07, 6.45) is 20.2. The fraction of sp³-hybridized carbons (Fsp3) is 0.378. The highest BCUT2D eigenvalue weighted by molar-refractivity contribution is 8.76. The number of hydrogen-bond acceptors (Lipinski definition) is 10. The highest BCUT2D eigenvalue weighted by atomic mass is 33.1. The zero-order valence-corrected chi connectivity index (χ0v) is 36.1. The zero-order valence-electron chi connectivity index (χ0n) is 34.5. The Hall–Kier alpha value is -5.14. The number of pyridine rings is 2. The summed E-state index contributed by atoms with van der Waals surface area (Å²) in [6.45, 7) is 2.18. The van der Waals surface area contributed by atoms with Crippen molar-refractivity contribution < 1.29 is 47.1 Å². The van der Waals surface area contributed by atoms with Crippen molar-refractivity contribution in [2.45, 2.75) is 51.6 Å². The van der Waals surface area contributed by atoms with Crippen LogP contribution in [-0.2, 0) is 22.7 Å². The summed E-state index contributed by atoms with van der Waals surface area (Å²) in [4.78, 5) is 24.8. The first-order valence-electron chi connectivity index (χ1n) is 19.3. The largest absolute Gasteiger partial charge is 0.496 e. The van der Waals surface area contributed by atoms with Gasteiger partial charge >= 0.3 is 0 Å². The van der Waals surface area contributed by atoms with Gasteiger partial charge in [-0.05, 0) is 29.7 Å². The molecule has 0 bridgehead atoms. The van der Waals surface area contributed by atoms with E-state index in [0.717, 1.165) is 66.1 Å². The second-order valence-electron chi connectivity index (χ2n) is 13.1. The normalized spacial score (nSPS) is 11.1. The predicted octanol–water partition coefficient (Wildman–Crippen LogP) is 7.76. The Balaban J connectivity index is 1.02. The molecule has 1 N–H and O–H groups in total. The summed E-state index contributed by atoms with van der Waals surface area (Å²) in [5, 5.41) is 3.02. The molecule has 4 aromatic rings. The van der Waals surface area contributed by atoms with Crippen LogP contribution in [0.5, 0.6) is 34.5 Å². The van der Waals surface area contributed by atoms with E-state index in [0.29, 0.717) is 66.1 Å². The molecule has 1 amide bonds. The van der Waals surface area contributed by atoms with Crippen LogP contribution in [0.2, 0.25) is 0 Å². The number of aryl methyl sites for hydroxylation is 2. The van der Waals surface area contributed by atoms with Crippen LogP contribution in [-0.4, -0.2) is 72.4 Å². The SMILES string of the molecule is COc1cc(OC)c(OC)cc1/C=C/c1cc[n+](CCCC(=O)CCCSSCCNC(=O)CCC[n+]2ccc(/C=C/c3cc(OC)c(OC)cc3OC)cc2)cc1. The third-order valence-corrected chi connectivity index (χ3v) is 11.7. The van der Waals surface area contributed by atoms with Gasteiger partial charge in [-0.3, -0.25) is 9.59 Å². The number of rotatable bonds is 26. The first kappa shape index (κ1) is 45.6. The Morgan fingerprint density at radius 2 is 0.948 bits per heavy atom. The van der Waals surface area contributed by atoms with E-state index in [1.54, 1.807) is 64.2 Å². The zero-order chi connectivity index (χ0) is 41.5. The standard InChI is InChI=1S/C45H56N3O8S2/c1-51-39-32-43(55-5)41(53-3)30-36(39)15-13-34-17-24-47(25-18-34)22-7-10-38(49)11-9-28-57-58-29-21-46-45(50)12-8-23-48-26-19-35(20-27-48)14-16-37-31-42(54-4)44(56-6)33-40(37)52-2/h13-20,24-27,30-33H,7-12,21-23,28-29H2,1-6H3/q+1/p+1/b15-13+,16-14+. The highest BCUT2D eigenvalue weighted by Crippen LogP contribution is 2.36. The van der Waals surface area contributed by atoms with Gasteiger partial charge in [-0.25, -0.2) is 9.13 Å². The van der Waals surface area contributed by atoms with Gasteiger partial charge in [0.15, 0.2) is 47.8 Å². The van der Waals surface area contributed by atoms with E-state index in [1.165, 1.54) is 0 Å². The Bertz CT molecular complexity index is 1810. The molecule has 2 heterocycles. The van der Waals surface area contributed by atoms with Crippen molar-refractivity contribution in [3.63, 3.8) is 0 Å². The van der Waals surface area contributed by atoms with Crippen LogP contribution in [0.15, 0.2) is 73.3 Å². The number of hydrogen-bond donors (Lipinski definition) is 1. The molecule has 0 aliphatic heterocycles. The quantitative estimate of drug-likeness (QED) is 0.0383. The highest BCUT2D eigenvalue weighted by Gasteiger charge is 2.12. The number of methoxy groups -OCH3 is 6. The van der Waals surface area contributed by atoms with Gasteiger partial charge in [0, 0.05) is 97.7 Å². The van der Waals surface area contributed by atoms with E-state index in [-0.39, 0.29) is 5.91 Å². The molecular formula is C45H57N3O8S2+2. The third kappa shape index (κ3) is 15.0. The van der Waals surface area contributed by atoms with E-state index in [9.17, 15) is 9.59 Å². The van der Waals surface area contributed by atoms with Gasteiger partial charge in [-0.1, -0.05) is 45.9 Å². The lowest BCUT2D eigenvalue weighted by Crippen LogP contribution is -2.34. The second-order valence-corrected chi connectivity index (χ2v) is 15.8. The van der Waals surface area contributed by atoms with Gasteiger partial charge < -0.3 is 33.7 Å². The van der Waals surface area contributed by atoms with Crippen LogP contribution in [0.3, 0.4) is 0 Å². The molecule has 0 aliphatic carbocycles. The van der Waals surface area contributed by atoms with Crippen LogP contribution in [0, 0.1) is 0 Å². The van der Waals surface area contributed by atoms with E-state index in [1.807, 2.05) is 97.6 Å². The van der Waals surface area contributed by atoms with Crippen LogP contribution < -0.4 is 42.9 Å². The number of ether oxygens (including phenoxy) is 6. The molecule has 2 aromatic heterocycles. The molecule has 0 radical (unpaired) electrons. The minimum absolute atomic E-state index is 0.0679. The maximum Gasteiger partial charge on any atom is 0.220 e. The van der Waals surface area contributed by atoms with E-state index < -0.39 is 0 Å². The number of amides is 1. The molecule has 0 saturated heterocycles. The van der Waals surface area contributed by atoms with Crippen molar-refractivity contribution in [3.05, 3.63) is 95.6 Å². The van der Waals surface area contributed by atoms with Crippen molar-refractivity contribution in [2.75, 3.05) is 60.7 Å². The molecule has 0 spiro atoms. The number of carbonyl (C=O) groups excluding carboxylic acids is 2. The summed E-state index contributed by atoms with van der Waals surface area (Å²) < 4.78 is 36.8. The summed E-state index contributed by atoms with van der Waals surface area (Å²) in [5.41, 5.74) is 3.87. The van der Waals surface area contributed by atoms with Crippen molar-refractivity contribution in [2.24, 2.45) is 0 Å². The molecule has 4 rings (SSSR count). The minimum atomic E-state index is 0.0679. The maximum absolute atomic E-state index is 12.5. The number of nitrogens with zero attached hydrogens (tertiary/aromatic N) is 2. The van der Waals surface area contributed by atoms with Crippen molar-refractivity contribution in [1.29, 1.82) is 0 Å². The maximum atomic E-state index is 12.5. The van der Waals surface area contributed by atoms with E-state index in [2.05, 4.69) is 14.5 Å². The molecule has 2 aromatic carbocycles. The number of benzene rings is 2. The smallest absolute Gasteiger partial charge is 0.220 e.